The Morgan fingerprint density at radius 3 is 3.06 bits per heavy atom. The van der Waals surface area contributed by atoms with Gasteiger partial charge >= 0.3 is 0 Å². The van der Waals surface area contributed by atoms with Gasteiger partial charge in [0.05, 0.1) is 12.5 Å². The van der Waals surface area contributed by atoms with Crippen molar-refractivity contribution in [3.05, 3.63) is 34.1 Å². The molecule has 1 atom stereocenters. The number of likely N-dealkylation sites (tertiary alicyclic amines) is 1. The van der Waals surface area contributed by atoms with Gasteiger partial charge in [-0.05, 0) is 30.2 Å². The molecule has 0 bridgehead atoms. The van der Waals surface area contributed by atoms with Gasteiger partial charge in [0.2, 0.25) is 5.91 Å². The predicted octanol–water partition coefficient (Wildman–Crippen LogP) is 2.38. The highest BCUT2D eigenvalue weighted by Crippen LogP contribution is 2.18. The maximum Gasteiger partial charge on any atom is 0.227 e. The molecule has 98 valence electrons. The molecule has 0 unspecified atom stereocenters. The summed E-state index contributed by atoms with van der Waals surface area (Å²) in [5.41, 5.74) is 0.426. The van der Waals surface area contributed by atoms with Crippen LogP contribution in [-0.4, -0.2) is 37.1 Å². The number of hydrogen-bond acceptors (Lipinski definition) is 2. The third-order valence-electron chi connectivity index (χ3n) is 3.18. The molecule has 2 rings (SSSR count). The zero-order chi connectivity index (χ0) is 13.1. The molecule has 3 nitrogen and oxygen atoms in total. The fourth-order valence-electron chi connectivity index (χ4n) is 2.10. The van der Waals surface area contributed by atoms with E-state index in [1.165, 1.54) is 6.07 Å². The first-order valence-corrected chi connectivity index (χ1v) is 6.64. The summed E-state index contributed by atoms with van der Waals surface area (Å²) in [5, 5.41) is 0. The summed E-state index contributed by atoms with van der Waals surface area (Å²) in [7, 11) is 1.65. The number of amides is 1. The van der Waals surface area contributed by atoms with Crippen molar-refractivity contribution in [1.82, 2.24) is 4.90 Å². The van der Waals surface area contributed by atoms with Crippen LogP contribution in [0.5, 0.6) is 0 Å². The summed E-state index contributed by atoms with van der Waals surface area (Å²) in [5.74, 6) is -0.388. The lowest BCUT2D eigenvalue weighted by atomic mass is 10.1. The Kier molecular flexibility index (Phi) is 4.35. The fourth-order valence-corrected chi connectivity index (χ4v) is 2.51. The van der Waals surface area contributed by atoms with E-state index in [9.17, 15) is 9.18 Å². The highest BCUT2D eigenvalue weighted by Gasteiger charge is 2.26. The van der Waals surface area contributed by atoms with Crippen molar-refractivity contribution in [2.24, 2.45) is 0 Å². The normalized spacial score (nSPS) is 19.3. The molecule has 0 radical (unpaired) electrons. The van der Waals surface area contributed by atoms with Crippen molar-refractivity contribution < 1.29 is 13.9 Å². The second kappa shape index (κ2) is 5.80. The van der Waals surface area contributed by atoms with Crippen LogP contribution in [0.3, 0.4) is 0 Å². The van der Waals surface area contributed by atoms with Crippen LogP contribution in [0.15, 0.2) is 22.7 Å². The standard InChI is InChI=1S/C13H15BrFNO2/c1-18-11-4-5-16(8-11)13(17)7-9-6-10(14)2-3-12(9)15/h2-3,6,11H,4-5,7-8H2,1H3/t11-/m1/s1. The quantitative estimate of drug-likeness (QED) is 0.857. The summed E-state index contributed by atoms with van der Waals surface area (Å²) in [6, 6.07) is 4.64. The van der Waals surface area contributed by atoms with E-state index in [0.717, 1.165) is 10.9 Å². The number of rotatable bonds is 3. The molecular formula is C13H15BrFNO2. The third-order valence-corrected chi connectivity index (χ3v) is 3.67. The van der Waals surface area contributed by atoms with Crippen LogP contribution in [0.1, 0.15) is 12.0 Å². The number of methoxy groups -OCH3 is 1. The Bertz CT molecular complexity index is 453. The zero-order valence-electron chi connectivity index (χ0n) is 10.2. The lowest BCUT2D eigenvalue weighted by Gasteiger charge is -2.16. The summed E-state index contributed by atoms with van der Waals surface area (Å²) in [6.07, 6.45) is 1.06. The van der Waals surface area contributed by atoms with Gasteiger partial charge in [-0.2, -0.15) is 0 Å². The number of carbonyl (C=O) groups is 1. The molecule has 18 heavy (non-hydrogen) atoms. The van der Waals surface area contributed by atoms with E-state index in [2.05, 4.69) is 15.9 Å². The third kappa shape index (κ3) is 3.09. The fraction of sp³-hybridized carbons (Fsp3) is 0.462. The molecule has 1 heterocycles. The van der Waals surface area contributed by atoms with Crippen molar-refractivity contribution in [2.45, 2.75) is 18.9 Å². The van der Waals surface area contributed by atoms with E-state index in [-0.39, 0.29) is 24.2 Å². The van der Waals surface area contributed by atoms with Gasteiger partial charge in [0, 0.05) is 24.7 Å². The van der Waals surface area contributed by atoms with Crippen LogP contribution in [0.25, 0.3) is 0 Å². The molecule has 1 aromatic carbocycles. The predicted molar refractivity (Wildman–Crippen MR) is 69.8 cm³/mol. The first kappa shape index (κ1) is 13.5. The number of carbonyl (C=O) groups excluding carboxylic acids is 1. The largest absolute Gasteiger partial charge is 0.380 e. The van der Waals surface area contributed by atoms with Crippen LogP contribution < -0.4 is 0 Å². The number of hydrogen-bond donors (Lipinski definition) is 0. The summed E-state index contributed by atoms with van der Waals surface area (Å²) in [6.45, 7) is 1.29. The van der Waals surface area contributed by atoms with Gasteiger partial charge in [-0.15, -0.1) is 0 Å². The molecule has 0 N–H and O–H groups in total. The second-order valence-corrected chi connectivity index (χ2v) is 5.31. The smallest absolute Gasteiger partial charge is 0.227 e. The van der Waals surface area contributed by atoms with E-state index in [1.54, 1.807) is 24.1 Å². The Morgan fingerprint density at radius 1 is 1.61 bits per heavy atom. The first-order valence-electron chi connectivity index (χ1n) is 5.84. The van der Waals surface area contributed by atoms with Gasteiger partial charge in [-0.3, -0.25) is 4.79 Å². The number of nitrogens with zero attached hydrogens (tertiary/aromatic N) is 1. The van der Waals surface area contributed by atoms with Crippen molar-refractivity contribution >= 4 is 21.8 Å². The Hall–Kier alpha value is -0.940. The highest BCUT2D eigenvalue weighted by atomic mass is 79.9. The monoisotopic (exact) mass is 315 g/mol. The van der Waals surface area contributed by atoms with Crippen LogP contribution in [0, 0.1) is 5.82 Å². The van der Waals surface area contributed by atoms with E-state index >= 15 is 0 Å². The van der Waals surface area contributed by atoms with Crippen molar-refractivity contribution in [3.8, 4) is 0 Å². The molecule has 0 spiro atoms. The Morgan fingerprint density at radius 2 is 2.39 bits per heavy atom. The minimum Gasteiger partial charge on any atom is -0.380 e. The molecule has 1 saturated heterocycles. The minimum absolute atomic E-state index is 0.0495. The van der Waals surface area contributed by atoms with E-state index in [4.69, 9.17) is 4.74 Å². The molecule has 5 heteroatoms. The molecule has 1 amide bonds. The number of benzene rings is 1. The summed E-state index contributed by atoms with van der Waals surface area (Å²) >= 11 is 3.28. The summed E-state index contributed by atoms with van der Waals surface area (Å²) < 4.78 is 19.5. The molecule has 1 aliphatic rings. The Balaban J connectivity index is 2.01. The van der Waals surface area contributed by atoms with Gasteiger partial charge in [0.25, 0.3) is 0 Å². The lowest BCUT2D eigenvalue weighted by Crippen LogP contribution is -2.31. The van der Waals surface area contributed by atoms with E-state index in [0.29, 0.717) is 18.7 Å². The minimum atomic E-state index is -0.339. The van der Waals surface area contributed by atoms with Crippen LogP contribution in [-0.2, 0) is 16.0 Å². The molecule has 0 aliphatic carbocycles. The van der Waals surface area contributed by atoms with Crippen LogP contribution >= 0.6 is 15.9 Å². The summed E-state index contributed by atoms with van der Waals surface area (Å²) in [4.78, 5) is 13.8. The average molecular weight is 316 g/mol. The highest BCUT2D eigenvalue weighted by molar-refractivity contribution is 9.10. The molecule has 0 aromatic heterocycles. The topological polar surface area (TPSA) is 29.5 Å². The van der Waals surface area contributed by atoms with Gasteiger partial charge in [-0.1, -0.05) is 15.9 Å². The lowest BCUT2D eigenvalue weighted by molar-refractivity contribution is -0.129. The van der Waals surface area contributed by atoms with E-state index in [1.807, 2.05) is 0 Å². The van der Waals surface area contributed by atoms with Crippen LogP contribution in [0.2, 0.25) is 0 Å². The molecular weight excluding hydrogens is 301 g/mol. The maximum absolute atomic E-state index is 13.5. The van der Waals surface area contributed by atoms with Crippen LogP contribution in [0.4, 0.5) is 4.39 Å². The zero-order valence-corrected chi connectivity index (χ0v) is 11.7. The molecule has 1 aromatic rings. The molecule has 0 saturated carbocycles. The SMILES string of the molecule is CO[C@@H]1CCN(C(=O)Cc2cc(Br)ccc2F)C1. The second-order valence-electron chi connectivity index (χ2n) is 4.40. The Labute approximate surface area is 114 Å². The molecule has 1 fully saturated rings. The van der Waals surface area contributed by atoms with E-state index < -0.39 is 0 Å². The average Bonchev–Trinajstić information content (AvgIpc) is 2.82. The van der Waals surface area contributed by atoms with Crippen molar-refractivity contribution in [1.29, 1.82) is 0 Å². The molecule has 1 aliphatic heterocycles. The van der Waals surface area contributed by atoms with Crippen molar-refractivity contribution in [2.75, 3.05) is 20.2 Å². The van der Waals surface area contributed by atoms with Gasteiger partial charge in [0.15, 0.2) is 0 Å². The van der Waals surface area contributed by atoms with Gasteiger partial charge in [-0.25, -0.2) is 4.39 Å². The van der Waals surface area contributed by atoms with Gasteiger partial charge < -0.3 is 9.64 Å². The number of ether oxygens (including phenoxy) is 1. The maximum atomic E-state index is 13.5. The number of halogens is 2. The first-order chi connectivity index (χ1) is 8.60. The van der Waals surface area contributed by atoms with Crippen molar-refractivity contribution in [3.63, 3.8) is 0 Å². The van der Waals surface area contributed by atoms with Gasteiger partial charge in [0.1, 0.15) is 5.82 Å².